The normalized spacial score (nSPS) is 13.9. The van der Waals surface area contributed by atoms with Crippen molar-refractivity contribution in [3.63, 3.8) is 0 Å². The van der Waals surface area contributed by atoms with Crippen molar-refractivity contribution in [1.29, 1.82) is 0 Å². The minimum atomic E-state index is 0.396. The first kappa shape index (κ1) is 13.1. The molecule has 1 aliphatic rings. The molecule has 1 aromatic carbocycles. The molecule has 0 spiro atoms. The average Bonchev–Trinajstić information content (AvgIpc) is 2.46. The molecule has 0 saturated heterocycles. The first-order valence-corrected chi connectivity index (χ1v) is 7.19. The highest BCUT2D eigenvalue weighted by molar-refractivity contribution is 7.80. The first-order chi connectivity index (χ1) is 9.66. The van der Waals surface area contributed by atoms with Crippen LogP contribution in [0.3, 0.4) is 0 Å². The van der Waals surface area contributed by atoms with Crippen LogP contribution < -0.4 is 10.6 Å². The quantitative estimate of drug-likeness (QED) is 0.860. The molecule has 2 N–H and O–H groups in total. The lowest BCUT2D eigenvalue weighted by molar-refractivity contribution is 0.758. The molecule has 0 radical (unpaired) electrons. The summed E-state index contributed by atoms with van der Waals surface area (Å²) in [6.07, 6.45) is 4.02. The van der Waals surface area contributed by atoms with Gasteiger partial charge in [0.15, 0.2) is 0 Å². The summed E-state index contributed by atoms with van der Waals surface area (Å²) in [6, 6.07) is 10.4. The summed E-state index contributed by atoms with van der Waals surface area (Å²) in [4.78, 5) is 7.13. The number of pyridine rings is 1. The molecular weight excluding hydrogens is 266 g/mol. The van der Waals surface area contributed by atoms with Crippen LogP contribution in [0.4, 0.5) is 11.5 Å². The highest BCUT2D eigenvalue weighted by Gasteiger charge is 2.21. The number of fused-ring (bicyclic) bond motifs is 1. The second kappa shape index (κ2) is 5.21. The van der Waals surface area contributed by atoms with Crippen molar-refractivity contribution in [3.8, 4) is 0 Å². The molecule has 4 heteroatoms. The van der Waals surface area contributed by atoms with Crippen LogP contribution >= 0.6 is 12.2 Å². The van der Waals surface area contributed by atoms with Crippen molar-refractivity contribution >= 4 is 28.7 Å². The third kappa shape index (κ3) is 2.27. The molecule has 3 nitrogen and oxygen atoms in total. The van der Waals surface area contributed by atoms with E-state index < -0.39 is 0 Å². The van der Waals surface area contributed by atoms with Gasteiger partial charge in [-0.3, -0.25) is 0 Å². The van der Waals surface area contributed by atoms with E-state index in [1.54, 1.807) is 6.20 Å². The Morgan fingerprint density at radius 3 is 3.00 bits per heavy atom. The summed E-state index contributed by atoms with van der Waals surface area (Å²) in [5, 5.41) is 0. The minimum Gasteiger partial charge on any atom is -0.389 e. The van der Waals surface area contributed by atoms with Gasteiger partial charge in [-0.1, -0.05) is 29.9 Å². The van der Waals surface area contributed by atoms with Gasteiger partial charge in [-0.05, 0) is 43.5 Å². The Balaban J connectivity index is 2.12. The number of anilines is 2. The monoisotopic (exact) mass is 283 g/mol. The maximum atomic E-state index is 5.83. The molecule has 0 atom stereocenters. The second-order valence-electron chi connectivity index (χ2n) is 5.13. The Morgan fingerprint density at radius 2 is 2.20 bits per heavy atom. The smallest absolute Gasteiger partial charge is 0.143 e. The standard InChI is InChI=1S/C16H17N3S/c1-11-6-7-14-12(10-11)4-3-9-19(14)16-13(15(17)20)5-2-8-18-16/h2,5-8,10H,3-4,9H2,1H3,(H2,17,20). The number of nitrogens with two attached hydrogens (primary N) is 1. The van der Waals surface area contributed by atoms with Crippen LogP contribution in [0, 0.1) is 6.92 Å². The van der Waals surface area contributed by atoms with Crippen LogP contribution in [0.15, 0.2) is 36.5 Å². The van der Waals surface area contributed by atoms with Crippen LogP contribution in [0.2, 0.25) is 0 Å². The maximum Gasteiger partial charge on any atom is 0.143 e. The van der Waals surface area contributed by atoms with Crippen molar-refractivity contribution in [2.24, 2.45) is 5.73 Å². The number of aryl methyl sites for hydroxylation is 2. The molecule has 102 valence electrons. The summed E-state index contributed by atoms with van der Waals surface area (Å²) in [5.41, 5.74) is 10.6. The molecular formula is C16H17N3S. The van der Waals surface area contributed by atoms with E-state index in [9.17, 15) is 0 Å². The van der Waals surface area contributed by atoms with E-state index >= 15 is 0 Å². The lowest BCUT2D eigenvalue weighted by Crippen LogP contribution is -2.28. The third-order valence-corrected chi connectivity index (χ3v) is 3.88. The van der Waals surface area contributed by atoms with E-state index in [0.29, 0.717) is 4.99 Å². The predicted octanol–water partition coefficient (Wildman–Crippen LogP) is 3.11. The van der Waals surface area contributed by atoms with Crippen LogP contribution in [0.25, 0.3) is 0 Å². The number of aromatic nitrogens is 1. The Labute approximate surface area is 124 Å². The third-order valence-electron chi connectivity index (χ3n) is 3.66. The number of benzene rings is 1. The average molecular weight is 283 g/mol. The molecule has 0 unspecified atom stereocenters. The van der Waals surface area contributed by atoms with Gasteiger partial charge in [0, 0.05) is 18.4 Å². The van der Waals surface area contributed by atoms with Gasteiger partial charge in [-0.25, -0.2) is 4.98 Å². The Hall–Kier alpha value is -1.94. The van der Waals surface area contributed by atoms with Gasteiger partial charge in [-0.15, -0.1) is 0 Å². The Bertz CT molecular complexity index is 667. The van der Waals surface area contributed by atoms with Gasteiger partial charge in [-0.2, -0.15) is 0 Å². The van der Waals surface area contributed by atoms with Crippen LogP contribution in [0.1, 0.15) is 23.1 Å². The van der Waals surface area contributed by atoms with Gasteiger partial charge in [0.05, 0.1) is 5.56 Å². The van der Waals surface area contributed by atoms with E-state index in [4.69, 9.17) is 18.0 Å². The van der Waals surface area contributed by atoms with Crippen molar-refractivity contribution in [3.05, 3.63) is 53.2 Å². The number of hydrogen-bond acceptors (Lipinski definition) is 3. The largest absolute Gasteiger partial charge is 0.389 e. The number of thiocarbonyl (C=S) groups is 1. The van der Waals surface area contributed by atoms with Crippen molar-refractivity contribution in [2.75, 3.05) is 11.4 Å². The highest BCUT2D eigenvalue weighted by Crippen LogP contribution is 2.34. The molecule has 1 aliphatic heterocycles. The zero-order chi connectivity index (χ0) is 14.1. The van der Waals surface area contributed by atoms with Crippen LogP contribution in [0.5, 0.6) is 0 Å². The SMILES string of the molecule is Cc1ccc2c(c1)CCCN2c1ncccc1C(N)=S. The summed E-state index contributed by atoms with van der Waals surface area (Å²) in [5.74, 6) is 0.866. The fourth-order valence-electron chi connectivity index (χ4n) is 2.75. The molecule has 3 rings (SSSR count). The topological polar surface area (TPSA) is 42.2 Å². The molecule has 20 heavy (non-hydrogen) atoms. The lowest BCUT2D eigenvalue weighted by Gasteiger charge is -2.31. The fraction of sp³-hybridized carbons (Fsp3) is 0.250. The summed E-state index contributed by atoms with van der Waals surface area (Å²) < 4.78 is 0. The second-order valence-corrected chi connectivity index (χ2v) is 5.57. The van der Waals surface area contributed by atoms with Gasteiger partial charge in [0.1, 0.15) is 10.8 Å². The molecule has 0 fully saturated rings. The van der Waals surface area contributed by atoms with Gasteiger partial charge in [0.2, 0.25) is 0 Å². The molecule has 0 bridgehead atoms. The van der Waals surface area contributed by atoms with Gasteiger partial charge < -0.3 is 10.6 Å². The molecule has 0 amide bonds. The maximum absolute atomic E-state index is 5.83. The van der Waals surface area contributed by atoms with E-state index in [0.717, 1.165) is 30.8 Å². The zero-order valence-corrected chi connectivity index (χ0v) is 12.3. The number of rotatable bonds is 2. The summed E-state index contributed by atoms with van der Waals surface area (Å²) in [7, 11) is 0. The highest BCUT2D eigenvalue weighted by atomic mass is 32.1. The van der Waals surface area contributed by atoms with Crippen molar-refractivity contribution in [2.45, 2.75) is 19.8 Å². The van der Waals surface area contributed by atoms with Crippen LogP contribution in [-0.4, -0.2) is 16.5 Å². The van der Waals surface area contributed by atoms with Crippen molar-refractivity contribution in [1.82, 2.24) is 4.98 Å². The predicted molar refractivity (Wildman–Crippen MR) is 86.6 cm³/mol. The molecule has 2 aromatic rings. The number of hydrogen-bond donors (Lipinski definition) is 1. The molecule has 2 heterocycles. The van der Waals surface area contributed by atoms with E-state index in [-0.39, 0.29) is 0 Å². The van der Waals surface area contributed by atoms with Gasteiger partial charge >= 0.3 is 0 Å². The number of nitrogens with zero attached hydrogens (tertiary/aromatic N) is 2. The molecule has 0 aliphatic carbocycles. The van der Waals surface area contributed by atoms with Crippen LogP contribution in [-0.2, 0) is 6.42 Å². The molecule has 0 saturated carbocycles. The van der Waals surface area contributed by atoms with E-state index in [1.165, 1.54) is 16.8 Å². The first-order valence-electron chi connectivity index (χ1n) is 6.78. The summed E-state index contributed by atoms with van der Waals surface area (Å²) in [6.45, 7) is 3.07. The minimum absolute atomic E-state index is 0.396. The zero-order valence-electron chi connectivity index (χ0n) is 11.5. The Kier molecular flexibility index (Phi) is 3.40. The summed E-state index contributed by atoms with van der Waals surface area (Å²) >= 11 is 5.15. The lowest BCUT2D eigenvalue weighted by atomic mass is 9.99. The van der Waals surface area contributed by atoms with E-state index in [2.05, 4.69) is 35.0 Å². The fourth-order valence-corrected chi connectivity index (χ4v) is 2.91. The van der Waals surface area contributed by atoms with Gasteiger partial charge in [0.25, 0.3) is 0 Å². The van der Waals surface area contributed by atoms with E-state index in [1.807, 2.05) is 12.1 Å². The Morgan fingerprint density at radius 1 is 1.35 bits per heavy atom. The van der Waals surface area contributed by atoms with Crippen molar-refractivity contribution < 1.29 is 0 Å². The molecule has 1 aromatic heterocycles.